The zero-order chi connectivity index (χ0) is 12.0. The van der Waals surface area contributed by atoms with E-state index in [0.717, 1.165) is 23.5 Å². The van der Waals surface area contributed by atoms with Gasteiger partial charge < -0.3 is 4.57 Å². The van der Waals surface area contributed by atoms with Gasteiger partial charge in [-0.15, -0.1) is 11.6 Å². The van der Waals surface area contributed by atoms with Gasteiger partial charge >= 0.3 is 0 Å². The molecule has 0 aromatic carbocycles. The van der Waals surface area contributed by atoms with Crippen molar-refractivity contribution < 1.29 is 0 Å². The molecule has 2 aromatic heterocycles. The number of aromatic nitrogens is 3. The highest BCUT2D eigenvalue weighted by Gasteiger charge is 2.38. The molecule has 90 valence electrons. The smallest absolute Gasteiger partial charge is 0.160 e. The molecule has 3 rings (SSSR count). The number of rotatable bonds is 3. The molecule has 0 saturated heterocycles. The fraction of sp³-hybridized carbons (Fsp3) is 0.538. The van der Waals surface area contributed by atoms with E-state index in [1.54, 1.807) is 0 Å². The van der Waals surface area contributed by atoms with Crippen LogP contribution >= 0.6 is 11.6 Å². The molecule has 1 saturated carbocycles. The zero-order valence-electron chi connectivity index (χ0n) is 10.2. The molecule has 0 bridgehead atoms. The maximum Gasteiger partial charge on any atom is 0.160 e. The Morgan fingerprint density at radius 1 is 1.47 bits per heavy atom. The molecular formula is C13H16ClN3. The minimum atomic E-state index is 0.430. The maximum absolute atomic E-state index is 5.99. The van der Waals surface area contributed by atoms with Gasteiger partial charge in [0.1, 0.15) is 11.3 Å². The van der Waals surface area contributed by atoms with E-state index in [9.17, 15) is 0 Å². The standard InChI is InChI=1S/C13H16ClN3/c1-9-3-6-15-12-11(9)16-10(7-14)17(12)8-13(2)4-5-13/h3,6H,4-5,7-8H2,1-2H3. The topological polar surface area (TPSA) is 30.7 Å². The van der Waals surface area contributed by atoms with Crippen LogP contribution < -0.4 is 0 Å². The van der Waals surface area contributed by atoms with Gasteiger partial charge in [0.2, 0.25) is 0 Å². The summed E-state index contributed by atoms with van der Waals surface area (Å²) in [6.07, 6.45) is 4.43. The van der Waals surface area contributed by atoms with Crippen molar-refractivity contribution in [3.05, 3.63) is 23.7 Å². The predicted molar refractivity (Wildman–Crippen MR) is 69.2 cm³/mol. The van der Waals surface area contributed by atoms with Crippen LogP contribution in [0.25, 0.3) is 11.2 Å². The lowest BCUT2D eigenvalue weighted by Crippen LogP contribution is -2.11. The Kier molecular flexibility index (Phi) is 2.40. The SMILES string of the molecule is Cc1ccnc2c1nc(CCl)n2CC1(C)CC1. The van der Waals surface area contributed by atoms with Crippen LogP contribution in [0.15, 0.2) is 12.3 Å². The number of alkyl halides is 1. The first-order valence-corrected chi connectivity index (χ1v) is 6.53. The third-order valence-corrected chi connectivity index (χ3v) is 3.92. The molecule has 0 aliphatic heterocycles. The average Bonchev–Trinajstić information content (AvgIpc) is 2.92. The fourth-order valence-electron chi connectivity index (χ4n) is 2.20. The summed E-state index contributed by atoms with van der Waals surface area (Å²) in [6, 6.07) is 2.00. The third kappa shape index (κ3) is 1.82. The van der Waals surface area contributed by atoms with Crippen LogP contribution in [0.1, 0.15) is 31.2 Å². The second-order valence-electron chi connectivity index (χ2n) is 5.36. The van der Waals surface area contributed by atoms with E-state index in [1.807, 2.05) is 12.3 Å². The molecule has 2 heterocycles. The lowest BCUT2D eigenvalue weighted by atomic mass is 10.1. The highest BCUT2D eigenvalue weighted by Crippen LogP contribution is 2.47. The summed E-state index contributed by atoms with van der Waals surface area (Å²) in [5, 5.41) is 0. The van der Waals surface area contributed by atoms with Crippen LogP contribution in [0.4, 0.5) is 0 Å². The van der Waals surface area contributed by atoms with Crippen LogP contribution in [0.3, 0.4) is 0 Å². The second-order valence-corrected chi connectivity index (χ2v) is 5.63. The number of hydrogen-bond acceptors (Lipinski definition) is 2. The number of aryl methyl sites for hydroxylation is 1. The summed E-state index contributed by atoms with van der Waals surface area (Å²) in [4.78, 5) is 9.08. The van der Waals surface area contributed by atoms with Gasteiger partial charge in [-0.05, 0) is 36.8 Å². The van der Waals surface area contributed by atoms with E-state index >= 15 is 0 Å². The number of hydrogen-bond donors (Lipinski definition) is 0. The van der Waals surface area contributed by atoms with Crippen molar-refractivity contribution in [1.29, 1.82) is 0 Å². The minimum absolute atomic E-state index is 0.430. The molecule has 4 heteroatoms. The summed E-state index contributed by atoms with van der Waals surface area (Å²) >= 11 is 5.99. The molecule has 0 radical (unpaired) electrons. The highest BCUT2D eigenvalue weighted by molar-refractivity contribution is 6.16. The second kappa shape index (κ2) is 3.70. The van der Waals surface area contributed by atoms with E-state index in [0.29, 0.717) is 11.3 Å². The monoisotopic (exact) mass is 249 g/mol. The third-order valence-electron chi connectivity index (χ3n) is 3.68. The predicted octanol–water partition coefficient (Wildman–Crippen LogP) is 3.28. The van der Waals surface area contributed by atoms with Gasteiger partial charge in [0.15, 0.2) is 5.65 Å². The van der Waals surface area contributed by atoms with E-state index in [-0.39, 0.29) is 0 Å². The lowest BCUT2D eigenvalue weighted by molar-refractivity contribution is 0.463. The van der Waals surface area contributed by atoms with Crippen LogP contribution in [-0.4, -0.2) is 14.5 Å². The summed E-state index contributed by atoms with van der Waals surface area (Å²) in [6.45, 7) is 5.37. The molecule has 1 aliphatic carbocycles. The van der Waals surface area contributed by atoms with E-state index in [1.165, 1.54) is 18.4 Å². The maximum atomic E-state index is 5.99. The summed E-state index contributed by atoms with van der Waals surface area (Å²) < 4.78 is 2.20. The van der Waals surface area contributed by atoms with E-state index in [2.05, 4.69) is 28.4 Å². The summed E-state index contributed by atoms with van der Waals surface area (Å²) in [7, 11) is 0. The van der Waals surface area contributed by atoms with Crippen LogP contribution in [0.5, 0.6) is 0 Å². The van der Waals surface area contributed by atoms with Gasteiger partial charge in [-0.2, -0.15) is 0 Å². The Labute approximate surface area is 106 Å². The average molecular weight is 250 g/mol. The van der Waals surface area contributed by atoms with Gasteiger partial charge in [0, 0.05) is 12.7 Å². The highest BCUT2D eigenvalue weighted by atomic mass is 35.5. The quantitative estimate of drug-likeness (QED) is 0.782. The molecule has 0 unspecified atom stereocenters. The molecule has 1 aliphatic rings. The Morgan fingerprint density at radius 2 is 2.24 bits per heavy atom. The largest absolute Gasteiger partial charge is 0.311 e. The molecule has 2 aromatic rings. The van der Waals surface area contributed by atoms with Crippen molar-refractivity contribution in [3.8, 4) is 0 Å². The fourth-order valence-corrected chi connectivity index (χ4v) is 2.41. The molecule has 0 spiro atoms. The minimum Gasteiger partial charge on any atom is -0.311 e. The van der Waals surface area contributed by atoms with Crippen LogP contribution in [0, 0.1) is 12.3 Å². The molecule has 3 nitrogen and oxygen atoms in total. The Morgan fingerprint density at radius 3 is 2.88 bits per heavy atom. The Balaban J connectivity index is 2.16. The van der Waals surface area contributed by atoms with Crippen LogP contribution in [-0.2, 0) is 12.4 Å². The normalized spacial score (nSPS) is 17.6. The zero-order valence-corrected chi connectivity index (χ0v) is 11.0. The molecule has 0 N–H and O–H groups in total. The van der Waals surface area contributed by atoms with Crippen molar-refractivity contribution in [1.82, 2.24) is 14.5 Å². The van der Waals surface area contributed by atoms with Crippen molar-refractivity contribution >= 4 is 22.8 Å². The molecule has 0 atom stereocenters. The molecule has 1 fully saturated rings. The van der Waals surface area contributed by atoms with Crippen molar-refractivity contribution in [2.45, 2.75) is 39.1 Å². The van der Waals surface area contributed by atoms with Gasteiger partial charge in [-0.25, -0.2) is 9.97 Å². The first kappa shape index (κ1) is 11.0. The van der Waals surface area contributed by atoms with E-state index < -0.39 is 0 Å². The Hall–Kier alpha value is -1.09. The first-order valence-electron chi connectivity index (χ1n) is 6.00. The number of halogens is 1. The van der Waals surface area contributed by atoms with Gasteiger partial charge in [0.05, 0.1) is 5.88 Å². The number of nitrogens with zero attached hydrogens (tertiary/aromatic N) is 3. The first-order chi connectivity index (χ1) is 8.13. The summed E-state index contributed by atoms with van der Waals surface area (Å²) in [5.74, 6) is 1.39. The molecule has 0 amide bonds. The Bertz CT molecular complexity index is 569. The van der Waals surface area contributed by atoms with Gasteiger partial charge in [-0.3, -0.25) is 0 Å². The lowest BCUT2D eigenvalue weighted by Gasteiger charge is -2.12. The van der Waals surface area contributed by atoms with Crippen molar-refractivity contribution in [2.24, 2.45) is 5.41 Å². The number of fused-ring (bicyclic) bond motifs is 1. The van der Waals surface area contributed by atoms with Gasteiger partial charge in [-0.1, -0.05) is 6.92 Å². The molecule has 17 heavy (non-hydrogen) atoms. The van der Waals surface area contributed by atoms with E-state index in [4.69, 9.17) is 11.6 Å². The van der Waals surface area contributed by atoms with Crippen LogP contribution in [0.2, 0.25) is 0 Å². The van der Waals surface area contributed by atoms with Crippen molar-refractivity contribution in [2.75, 3.05) is 0 Å². The van der Waals surface area contributed by atoms with Gasteiger partial charge in [0.25, 0.3) is 0 Å². The molecular weight excluding hydrogens is 234 g/mol. The number of pyridine rings is 1. The number of imidazole rings is 1. The van der Waals surface area contributed by atoms with Crippen molar-refractivity contribution in [3.63, 3.8) is 0 Å². The summed E-state index contributed by atoms with van der Waals surface area (Å²) in [5.41, 5.74) is 3.57.